The molecule has 0 spiro atoms. The molecule has 3 aliphatic rings. The van der Waals surface area contributed by atoms with Gasteiger partial charge in [0.1, 0.15) is 17.5 Å². The number of fused-ring (bicyclic) bond motifs is 1. The fourth-order valence-electron chi connectivity index (χ4n) is 5.72. The second kappa shape index (κ2) is 9.06. The summed E-state index contributed by atoms with van der Waals surface area (Å²) >= 11 is 8.14. The average Bonchev–Trinajstić information content (AvgIpc) is 3.20. The number of benzene rings is 2. The van der Waals surface area contributed by atoms with Crippen LogP contribution in [0.1, 0.15) is 0 Å². The van der Waals surface area contributed by atoms with Gasteiger partial charge in [0, 0.05) is 52.9 Å². The lowest BCUT2D eigenvalue weighted by atomic mass is 10.0. The zero-order valence-electron chi connectivity index (χ0n) is 19.9. The molecule has 2 saturated heterocycles. The lowest BCUT2D eigenvalue weighted by Gasteiger charge is -2.44. The van der Waals surface area contributed by atoms with E-state index in [0.717, 1.165) is 18.2 Å². The van der Waals surface area contributed by atoms with Crippen molar-refractivity contribution in [2.45, 2.75) is 23.5 Å². The van der Waals surface area contributed by atoms with E-state index in [2.05, 4.69) is 11.6 Å². The Morgan fingerprint density at radius 2 is 1.92 bits per heavy atom. The van der Waals surface area contributed by atoms with Crippen molar-refractivity contribution in [3.8, 4) is 11.1 Å². The Morgan fingerprint density at radius 1 is 1.16 bits per heavy atom. The Hall–Kier alpha value is -2.96. The van der Waals surface area contributed by atoms with Gasteiger partial charge in [-0.15, -0.1) is 11.8 Å². The number of anilines is 1. The van der Waals surface area contributed by atoms with Crippen LogP contribution in [0.15, 0.2) is 46.6 Å². The molecular weight excluding hydrogens is 558 g/mol. The number of halogens is 3. The van der Waals surface area contributed by atoms with Crippen molar-refractivity contribution in [3.05, 3.63) is 64.1 Å². The van der Waals surface area contributed by atoms with Gasteiger partial charge < -0.3 is 9.80 Å². The first kappa shape index (κ1) is 25.3. The molecule has 4 heterocycles. The van der Waals surface area contributed by atoms with Crippen LogP contribution >= 0.6 is 23.4 Å². The number of sulfone groups is 1. The summed E-state index contributed by atoms with van der Waals surface area (Å²) < 4.78 is 55.3. The Kier molecular flexibility index (Phi) is 6.04. The van der Waals surface area contributed by atoms with Gasteiger partial charge in [0.2, 0.25) is 5.91 Å². The van der Waals surface area contributed by atoms with Gasteiger partial charge in [-0.1, -0.05) is 18.2 Å². The standard InChI is InChI=1S/C25H21ClF2N4O4S2/c1-2-20(33)30-5-6-31(19-12-38(35,36)11-18(19)30)24-15-10-16(26)21(14-4-3-13(27)9-17(14)28)23-22(15)32(7-8-37-23)25(34)29-24/h2-4,9-10,18-19H,1,5-8,11-12H2/t18?,19-/m0/s1. The molecule has 0 radical (unpaired) electrons. The largest absolute Gasteiger partial charge is 0.350 e. The summed E-state index contributed by atoms with van der Waals surface area (Å²) in [5.41, 5.74) is 0.457. The number of hydrogen-bond donors (Lipinski definition) is 0. The van der Waals surface area contributed by atoms with Crippen LogP contribution in [0.2, 0.25) is 5.02 Å². The van der Waals surface area contributed by atoms with Gasteiger partial charge in [-0.2, -0.15) is 4.98 Å². The number of aryl methyl sites for hydroxylation is 1. The zero-order chi connectivity index (χ0) is 26.9. The van der Waals surface area contributed by atoms with Gasteiger partial charge in [-0.25, -0.2) is 22.0 Å². The van der Waals surface area contributed by atoms with Crippen LogP contribution in [0, 0.1) is 11.6 Å². The number of hydrogen-bond acceptors (Lipinski definition) is 7. The summed E-state index contributed by atoms with van der Waals surface area (Å²) in [6.07, 6.45) is 1.16. The molecule has 198 valence electrons. The Bertz CT molecular complexity index is 1710. The number of carbonyl (C=O) groups is 1. The molecule has 8 nitrogen and oxygen atoms in total. The highest BCUT2D eigenvalue weighted by Gasteiger charge is 2.48. The summed E-state index contributed by atoms with van der Waals surface area (Å²) in [6.45, 7) is 4.37. The van der Waals surface area contributed by atoms with Gasteiger partial charge in [0.15, 0.2) is 9.84 Å². The molecule has 1 amide bonds. The van der Waals surface area contributed by atoms with Crippen LogP contribution in [0.3, 0.4) is 0 Å². The van der Waals surface area contributed by atoms with Crippen LogP contribution in [-0.2, 0) is 21.2 Å². The summed E-state index contributed by atoms with van der Waals surface area (Å²) in [5, 5.41) is 0.714. The predicted molar refractivity (Wildman–Crippen MR) is 143 cm³/mol. The van der Waals surface area contributed by atoms with E-state index in [1.807, 2.05) is 0 Å². The Balaban J connectivity index is 1.57. The second-order valence-electron chi connectivity index (χ2n) is 9.44. The van der Waals surface area contributed by atoms with E-state index >= 15 is 0 Å². The lowest BCUT2D eigenvalue weighted by molar-refractivity contribution is -0.128. The molecule has 2 atom stereocenters. The first-order chi connectivity index (χ1) is 18.1. The molecular formula is C25H21ClF2N4O4S2. The summed E-state index contributed by atoms with van der Waals surface area (Å²) in [5.74, 6) is -1.45. The van der Waals surface area contributed by atoms with E-state index < -0.39 is 39.2 Å². The van der Waals surface area contributed by atoms with Crippen molar-refractivity contribution in [1.82, 2.24) is 14.5 Å². The maximum absolute atomic E-state index is 14.9. The molecule has 13 heteroatoms. The fraction of sp³-hybridized carbons (Fsp3) is 0.320. The van der Waals surface area contributed by atoms with E-state index in [-0.39, 0.29) is 46.9 Å². The van der Waals surface area contributed by atoms with E-state index in [4.69, 9.17) is 11.6 Å². The maximum atomic E-state index is 14.9. The number of aromatic nitrogens is 2. The van der Waals surface area contributed by atoms with Gasteiger partial charge in [-0.05, 0) is 24.3 Å². The molecule has 6 rings (SSSR count). The molecule has 0 bridgehead atoms. The highest BCUT2D eigenvalue weighted by atomic mass is 35.5. The van der Waals surface area contributed by atoms with Crippen molar-refractivity contribution >= 4 is 55.8 Å². The van der Waals surface area contributed by atoms with Gasteiger partial charge in [0.25, 0.3) is 0 Å². The number of nitrogens with zero attached hydrogens (tertiary/aromatic N) is 4. The average molecular weight is 579 g/mol. The Morgan fingerprint density at radius 3 is 2.66 bits per heavy atom. The summed E-state index contributed by atoms with van der Waals surface area (Å²) in [4.78, 5) is 34.0. The molecule has 2 fully saturated rings. The number of amides is 1. The third-order valence-corrected chi connectivity index (χ3v) is 10.4. The summed E-state index contributed by atoms with van der Waals surface area (Å²) in [7, 11) is -3.46. The highest BCUT2D eigenvalue weighted by molar-refractivity contribution is 7.99. The molecule has 0 aliphatic carbocycles. The third kappa shape index (κ3) is 3.92. The van der Waals surface area contributed by atoms with Crippen LogP contribution in [0.25, 0.3) is 22.0 Å². The monoisotopic (exact) mass is 578 g/mol. The smallest absolute Gasteiger partial charge is 0.348 e. The molecule has 1 aromatic heterocycles. The van der Waals surface area contributed by atoms with E-state index in [1.165, 1.54) is 27.3 Å². The van der Waals surface area contributed by atoms with Gasteiger partial charge in [0.05, 0.1) is 34.1 Å². The molecule has 0 saturated carbocycles. The Labute approximate surface area is 225 Å². The van der Waals surface area contributed by atoms with E-state index in [0.29, 0.717) is 33.7 Å². The van der Waals surface area contributed by atoms with Crippen LogP contribution < -0.4 is 10.6 Å². The minimum atomic E-state index is -3.46. The van der Waals surface area contributed by atoms with Gasteiger partial charge in [-0.3, -0.25) is 9.36 Å². The van der Waals surface area contributed by atoms with E-state index in [1.54, 1.807) is 11.0 Å². The molecule has 3 aliphatic heterocycles. The molecule has 38 heavy (non-hydrogen) atoms. The van der Waals surface area contributed by atoms with Crippen molar-refractivity contribution in [1.29, 1.82) is 0 Å². The number of thioether (sulfide) groups is 1. The first-order valence-electron chi connectivity index (χ1n) is 11.8. The van der Waals surface area contributed by atoms with E-state index in [9.17, 15) is 26.8 Å². The molecule has 1 unspecified atom stereocenters. The topological polar surface area (TPSA) is 92.6 Å². The molecule has 2 aromatic carbocycles. The maximum Gasteiger partial charge on any atom is 0.350 e. The molecule has 3 aromatic rings. The van der Waals surface area contributed by atoms with Crippen molar-refractivity contribution in [2.24, 2.45) is 0 Å². The van der Waals surface area contributed by atoms with Gasteiger partial charge >= 0.3 is 5.69 Å². The summed E-state index contributed by atoms with van der Waals surface area (Å²) in [6, 6.07) is 3.61. The predicted octanol–water partition coefficient (Wildman–Crippen LogP) is 3.10. The first-order valence-corrected chi connectivity index (χ1v) is 15.0. The zero-order valence-corrected chi connectivity index (χ0v) is 22.3. The van der Waals surface area contributed by atoms with Crippen molar-refractivity contribution < 1.29 is 22.0 Å². The number of piperazine rings is 1. The van der Waals surface area contributed by atoms with Crippen molar-refractivity contribution in [2.75, 3.05) is 35.2 Å². The third-order valence-electron chi connectivity index (χ3n) is 7.32. The highest BCUT2D eigenvalue weighted by Crippen LogP contribution is 2.46. The fourth-order valence-corrected chi connectivity index (χ4v) is 9.26. The number of rotatable bonds is 3. The normalized spacial score (nSPS) is 22.0. The minimum absolute atomic E-state index is 0.110. The van der Waals surface area contributed by atoms with Crippen molar-refractivity contribution in [3.63, 3.8) is 0 Å². The molecule has 0 N–H and O–H groups in total. The SMILES string of the molecule is C=CC(=O)N1CCN(c2nc(=O)n3c4c(c(-c5ccc(F)cc5F)c(Cl)cc24)SCC3)[C@H]2CS(=O)(=O)CC21. The number of carbonyl (C=O) groups excluding carboxylic acids is 1. The van der Waals surface area contributed by atoms with Crippen LogP contribution in [0.4, 0.5) is 14.6 Å². The minimum Gasteiger partial charge on any atom is -0.348 e. The lowest BCUT2D eigenvalue weighted by Crippen LogP contribution is -2.61. The quantitative estimate of drug-likeness (QED) is 0.441. The van der Waals surface area contributed by atoms with Crippen LogP contribution in [-0.4, -0.2) is 71.2 Å². The second-order valence-corrected chi connectivity index (χ2v) is 13.1. The van der Waals surface area contributed by atoms with Crippen LogP contribution in [0.5, 0.6) is 0 Å².